The maximum Gasteiger partial charge on any atom is 0.263 e. The van der Waals surface area contributed by atoms with E-state index in [1.165, 1.54) is 18.5 Å². The standard InChI is InChI=1S/C24H31N3O2/c1-3-7-19(4-2)26-24(28)23-16-27(21-8-5-6-9-22(21)29-23)15-17-10-13-20(25-14-17)18-11-12-18/h5-6,8-10,13-14,18-19,23H,3-4,7,11-12,15-16H2,1-2H3,(H,26,28). The fourth-order valence-electron chi connectivity index (χ4n) is 3.98. The summed E-state index contributed by atoms with van der Waals surface area (Å²) >= 11 is 0. The van der Waals surface area contributed by atoms with Crippen molar-refractivity contribution in [1.29, 1.82) is 0 Å². The lowest BCUT2D eigenvalue weighted by atomic mass is 10.1. The third-order valence-electron chi connectivity index (χ3n) is 5.85. The molecule has 4 rings (SSSR count). The summed E-state index contributed by atoms with van der Waals surface area (Å²) in [7, 11) is 0. The maximum absolute atomic E-state index is 12.9. The molecule has 29 heavy (non-hydrogen) atoms. The van der Waals surface area contributed by atoms with E-state index in [0.29, 0.717) is 19.0 Å². The number of rotatable bonds is 8. The number of amides is 1. The van der Waals surface area contributed by atoms with Crippen molar-refractivity contribution in [1.82, 2.24) is 10.3 Å². The Morgan fingerprint density at radius 1 is 1.24 bits per heavy atom. The highest BCUT2D eigenvalue weighted by Crippen LogP contribution is 2.39. The Balaban J connectivity index is 1.49. The van der Waals surface area contributed by atoms with Crippen molar-refractivity contribution >= 4 is 11.6 Å². The maximum atomic E-state index is 12.9. The number of carbonyl (C=O) groups excluding carboxylic acids is 1. The Bertz CT molecular complexity index is 832. The second kappa shape index (κ2) is 8.85. The Morgan fingerprint density at radius 2 is 2.07 bits per heavy atom. The SMILES string of the molecule is CCCC(CC)NC(=O)C1CN(Cc2ccc(C3CC3)nc2)c2ccccc2O1. The molecule has 1 fully saturated rings. The van der Waals surface area contributed by atoms with Crippen molar-refractivity contribution in [3.8, 4) is 5.75 Å². The van der Waals surface area contributed by atoms with Gasteiger partial charge in [0.15, 0.2) is 6.10 Å². The monoisotopic (exact) mass is 393 g/mol. The van der Waals surface area contributed by atoms with Gasteiger partial charge in [0.05, 0.1) is 12.2 Å². The first-order valence-electron chi connectivity index (χ1n) is 10.9. The van der Waals surface area contributed by atoms with Crippen LogP contribution in [-0.4, -0.2) is 29.6 Å². The minimum Gasteiger partial charge on any atom is -0.477 e. The molecule has 1 N–H and O–H groups in total. The molecule has 1 aliphatic heterocycles. The molecule has 2 atom stereocenters. The zero-order chi connectivity index (χ0) is 20.2. The normalized spacial score (nSPS) is 19.2. The number of para-hydroxylation sites is 2. The van der Waals surface area contributed by atoms with E-state index in [-0.39, 0.29) is 11.9 Å². The second-order valence-electron chi connectivity index (χ2n) is 8.22. The van der Waals surface area contributed by atoms with Crippen molar-refractivity contribution in [2.45, 2.75) is 70.6 Å². The van der Waals surface area contributed by atoms with Crippen LogP contribution >= 0.6 is 0 Å². The predicted molar refractivity (Wildman–Crippen MR) is 115 cm³/mol. The molecule has 5 heteroatoms. The first-order chi connectivity index (χ1) is 14.2. The highest BCUT2D eigenvalue weighted by Gasteiger charge is 2.31. The third kappa shape index (κ3) is 4.72. The Hall–Kier alpha value is -2.56. The van der Waals surface area contributed by atoms with Crippen molar-refractivity contribution in [2.24, 2.45) is 0 Å². The topological polar surface area (TPSA) is 54.5 Å². The average Bonchev–Trinajstić information content (AvgIpc) is 3.59. The highest BCUT2D eigenvalue weighted by atomic mass is 16.5. The summed E-state index contributed by atoms with van der Waals surface area (Å²) in [5.41, 5.74) is 3.39. The molecule has 0 spiro atoms. The van der Waals surface area contributed by atoms with Crippen molar-refractivity contribution in [3.05, 3.63) is 53.9 Å². The van der Waals surface area contributed by atoms with E-state index in [9.17, 15) is 4.79 Å². The van der Waals surface area contributed by atoms with E-state index >= 15 is 0 Å². The molecule has 2 aliphatic rings. The van der Waals surface area contributed by atoms with Crippen molar-refractivity contribution in [2.75, 3.05) is 11.4 Å². The van der Waals surface area contributed by atoms with Gasteiger partial charge in [-0.3, -0.25) is 9.78 Å². The van der Waals surface area contributed by atoms with E-state index in [1.54, 1.807) is 0 Å². The van der Waals surface area contributed by atoms with E-state index in [1.807, 2.05) is 24.4 Å². The number of pyridine rings is 1. The van der Waals surface area contributed by atoms with Crippen LogP contribution in [0.3, 0.4) is 0 Å². The summed E-state index contributed by atoms with van der Waals surface area (Å²) < 4.78 is 6.07. The number of nitrogens with one attached hydrogen (secondary N) is 1. The van der Waals surface area contributed by atoms with Gasteiger partial charge in [-0.2, -0.15) is 0 Å². The van der Waals surface area contributed by atoms with Gasteiger partial charge in [0.25, 0.3) is 5.91 Å². The van der Waals surface area contributed by atoms with Crippen LogP contribution < -0.4 is 15.0 Å². The van der Waals surface area contributed by atoms with Gasteiger partial charge in [-0.1, -0.05) is 38.5 Å². The number of benzene rings is 1. The minimum atomic E-state index is -0.505. The summed E-state index contributed by atoms with van der Waals surface area (Å²) in [5.74, 6) is 1.41. The van der Waals surface area contributed by atoms with Crippen LogP contribution in [0.15, 0.2) is 42.6 Å². The zero-order valence-electron chi connectivity index (χ0n) is 17.4. The number of hydrogen-bond acceptors (Lipinski definition) is 4. The fraction of sp³-hybridized carbons (Fsp3) is 0.500. The van der Waals surface area contributed by atoms with Crippen LogP contribution in [-0.2, 0) is 11.3 Å². The number of aromatic nitrogens is 1. The zero-order valence-corrected chi connectivity index (χ0v) is 17.4. The first-order valence-corrected chi connectivity index (χ1v) is 10.9. The predicted octanol–water partition coefficient (Wildman–Crippen LogP) is 4.42. The molecule has 1 saturated carbocycles. The summed E-state index contributed by atoms with van der Waals surface area (Å²) in [5, 5.41) is 3.18. The van der Waals surface area contributed by atoms with Gasteiger partial charge >= 0.3 is 0 Å². The number of carbonyl (C=O) groups is 1. The van der Waals surface area contributed by atoms with Crippen molar-refractivity contribution in [3.63, 3.8) is 0 Å². The smallest absolute Gasteiger partial charge is 0.263 e. The van der Waals surface area contributed by atoms with Gasteiger partial charge in [0.1, 0.15) is 5.75 Å². The molecule has 1 aromatic carbocycles. The minimum absolute atomic E-state index is 0.0213. The molecule has 154 valence electrons. The number of anilines is 1. The molecule has 2 aromatic rings. The van der Waals surface area contributed by atoms with Crippen LogP contribution in [0, 0.1) is 0 Å². The van der Waals surface area contributed by atoms with Crippen LogP contribution in [0.5, 0.6) is 5.75 Å². The quantitative estimate of drug-likeness (QED) is 0.721. The Labute approximate surface area is 173 Å². The van der Waals surface area contributed by atoms with Crippen LogP contribution in [0.25, 0.3) is 0 Å². The number of nitrogens with zero attached hydrogens (tertiary/aromatic N) is 2. The van der Waals surface area contributed by atoms with Crippen LogP contribution in [0.2, 0.25) is 0 Å². The van der Waals surface area contributed by atoms with Gasteiger partial charge in [0.2, 0.25) is 0 Å². The summed E-state index contributed by atoms with van der Waals surface area (Å²) in [6, 6.07) is 12.5. The second-order valence-corrected chi connectivity index (χ2v) is 8.22. The summed E-state index contributed by atoms with van der Waals surface area (Å²) in [4.78, 5) is 19.8. The molecular formula is C24H31N3O2. The largest absolute Gasteiger partial charge is 0.477 e. The lowest BCUT2D eigenvalue weighted by molar-refractivity contribution is -0.128. The van der Waals surface area contributed by atoms with Gasteiger partial charge in [0, 0.05) is 30.4 Å². The van der Waals surface area contributed by atoms with E-state index in [2.05, 4.69) is 47.2 Å². The molecule has 0 saturated heterocycles. The summed E-state index contributed by atoms with van der Waals surface area (Å²) in [6.45, 7) is 5.51. The fourth-order valence-corrected chi connectivity index (χ4v) is 3.98. The van der Waals surface area contributed by atoms with Gasteiger partial charge < -0.3 is 15.0 Å². The molecule has 1 aromatic heterocycles. The lowest BCUT2D eigenvalue weighted by Gasteiger charge is -2.36. The summed E-state index contributed by atoms with van der Waals surface area (Å²) in [6.07, 6.45) is 6.99. The van der Waals surface area contributed by atoms with Crippen LogP contribution in [0.1, 0.15) is 63.1 Å². The third-order valence-corrected chi connectivity index (χ3v) is 5.85. The number of ether oxygens (including phenoxy) is 1. The van der Waals surface area contributed by atoms with E-state index in [4.69, 9.17) is 4.74 Å². The molecular weight excluding hydrogens is 362 g/mol. The van der Waals surface area contributed by atoms with Gasteiger partial charge in [-0.05, 0) is 49.4 Å². The molecule has 1 aliphatic carbocycles. The highest BCUT2D eigenvalue weighted by molar-refractivity contribution is 5.83. The molecule has 0 radical (unpaired) electrons. The Morgan fingerprint density at radius 3 is 2.76 bits per heavy atom. The number of fused-ring (bicyclic) bond motifs is 1. The average molecular weight is 394 g/mol. The molecule has 0 bridgehead atoms. The number of hydrogen-bond donors (Lipinski definition) is 1. The van der Waals surface area contributed by atoms with E-state index < -0.39 is 6.10 Å². The lowest BCUT2D eigenvalue weighted by Crippen LogP contribution is -2.51. The molecule has 1 amide bonds. The molecule has 2 unspecified atom stereocenters. The van der Waals surface area contributed by atoms with Gasteiger partial charge in [-0.25, -0.2) is 0 Å². The first kappa shape index (κ1) is 19.7. The molecule has 5 nitrogen and oxygen atoms in total. The molecule has 2 heterocycles. The van der Waals surface area contributed by atoms with Gasteiger partial charge in [-0.15, -0.1) is 0 Å². The van der Waals surface area contributed by atoms with Crippen molar-refractivity contribution < 1.29 is 9.53 Å². The van der Waals surface area contributed by atoms with E-state index in [0.717, 1.165) is 36.3 Å². The van der Waals surface area contributed by atoms with Crippen LogP contribution in [0.4, 0.5) is 5.69 Å². The Kier molecular flexibility index (Phi) is 6.02.